The summed E-state index contributed by atoms with van der Waals surface area (Å²) in [6.45, 7) is 0. The van der Waals surface area contributed by atoms with E-state index in [9.17, 15) is 14.4 Å². The first-order chi connectivity index (χ1) is 13.2. The predicted molar refractivity (Wildman–Crippen MR) is 110 cm³/mol. The molecule has 0 unspecified atom stereocenters. The lowest BCUT2D eigenvalue weighted by Crippen LogP contribution is -2.39. The standard InChI is InChI=1S/C20H22N4O4/c1-22(2)15-11-17-16(23(3)19(26)20(27)24(17)4)10-14(15)21-18(25)12-7-6-8-13(9-12)28-5/h6-11H,1-5H3,(H,21,25). The van der Waals surface area contributed by atoms with Crippen molar-refractivity contribution in [3.8, 4) is 5.75 Å². The monoisotopic (exact) mass is 382 g/mol. The number of nitrogens with one attached hydrogen (secondary N) is 1. The summed E-state index contributed by atoms with van der Waals surface area (Å²) in [5.74, 6) is 0.271. The van der Waals surface area contributed by atoms with Crippen molar-refractivity contribution in [2.45, 2.75) is 0 Å². The van der Waals surface area contributed by atoms with E-state index in [-0.39, 0.29) is 5.91 Å². The second-order valence-corrected chi connectivity index (χ2v) is 6.67. The number of benzene rings is 2. The molecule has 28 heavy (non-hydrogen) atoms. The van der Waals surface area contributed by atoms with Gasteiger partial charge in [0.05, 0.1) is 29.5 Å². The number of methoxy groups -OCH3 is 1. The lowest BCUT2D eigenvalue weighted by atomic mass is 10.1. The summed E-state index contributed by atoms with van der Waals surface area (Å²) < 4.78 is 7.78. The van der Waals surface area contributed by atoms with Gasteiger partial charge in [-0.15, -0.1) is 0 Å². The van der Waals surface area contributed by atoms with Crippen LogP contribution in [0.1, 0.15) is 10.4 Å². The summed E-state index contributed by atoms with van der Waals surface area (Å²) in [5, 5.41) is 2.89. The Hall–Kier alpha value is -3.55. The van der Waals surface area contributed by atoms with E-state index in [0.717, 1.165) is 0 Å². The molecule has 0 spiro atoms. The summed E-state index contributed by atoms with van der Waals surface area (Å²) in [6, 6.07) is 10.3. The van der Waals surface area contributed by atoms with Crippen LogP contribution in [0.25, 0.3) is 11.0 Å². The first-order valence-corrected chi connectivity index (χ1v) is 8.61. The third-order valence-electron chi connectivity index (χ3n) is 4.67. The van der Waals surface area contributed by atoms with Gasteiger partial charge >= 0.3 is 11.1 Å². The molecule has 3 rings (SSSR count). The number of anilines is 2. The van der Waals surface area contributed by atoms with Crippen LogP contribution in [0.5, 0.6) is 5.75 Å². The van der Waals surface area contributed by atoms with Crippen LogP contribution >= 0.6 is 0 Å². The molecule has 1 aromatic heterocycles. The highest BCUT2D eigenvalue weighted by molar-refractivity contribution is 6.07. The fourth-order valence-electron chi connectivity index (χ4n) is 3.04. The van der Waals surface area contributed by atoms with Gasteiger partial charge in [0.25, 0.3) is 5.91 Å². The number of fused-ring (bicyclic) bond motifs is 1. The Balaban J connectivity index is 2.16. The normalized spacial score (nSPS) is 10.8. The third kappa shape index (κ3) is 3.24. The zero-order chi connectivity index (χ0) is 20.6. The lowest BCUT2D eigenvalue weighted by Gasteiger charge is -2.20. The largest absolute Gasteiger partial charge is 0.497 e. The van der Waals surface area contributed by atoms with Gasteiger partial charge in [0.1, 0.15) is 5.75 Å². The smallest absolute Gasteiger partial charge is 0.316 e. The maximum absolute atomic E-state index is 12.8. The van der Waals surface area contributed by atoms with Crippen molar-refractivity contribution in [3.05, 3.63) is 62.7 Å². The van der Waals surface area contributed by atoms with Crippen LogP contribution in [0.3, 0.4) is 0 Å². The number of amides is 1. The molecule has 0 fully saturated rings. The van der Waals surface area contributed by atoms with Crippen LogP contribution < -0.4 is 26.1 Å². The molecule has 8 nitrogen and oxygen atoms in total. The van der Waals surface area contributed by atoms with Crippen molar-refractivity contribution >= 4 is 28.3 Å². The molecule has 1 N–H and O–H groups in total. The minimum absolute atomic E-state index is 0.309. The van der Waals surface area contributed by atoms with Gasteiger partial charge in [-0.1, -0.05) is 6.07 Å². The molecule has 8 heteroatoms. The Kier molecular flexibility index (Phi) is 4.96. The summed E-state index contributed by atoms with van der Waals surface area (Å²) in [4.78, 5) is 38.9. The van der Waals surface area contributed by atoms with Crippen molar-refractivity contribution in [3.63, 3.8) is 0 Å². The topological polar surface area (TPSA) is 85.6 Å². The molecule has 0 aliphatic carbocycles. The van der Waals surface area contributed by atoms with Crippen molar-refractivity contribution < 1.29 is 9.53 Å². The molecule has 2 aromatic carbocycles. The maximum Gasteiger partial charge on any atom is 0.316 e. The zero-order valence-electron chi connectivity index (χ0n) is 16.4. The Morgan fingerprint density at radius 2 is 1.61 bits per heavy atom. The van der Waals surface area contributed by atoms with E-state index < -0.39 is 11.1 Å². The predicted octanol–water partition coefficient (Wildman–Crippen LogP) is 1.56. The van der Waals surface area contributed by atoms with E-state index in [1.807, 2.05) is 19.0 Å². The maximum atomic E-state index is 12.8. The van der Waals surface area contributed by atoms with Crippen molar-refractivity contribution in [1.29, 1.82) is 0 Å². The third-order valence-corrected chi connectivity index (χ3v) is 4.67. The first-order valence-electron chi connectivity index (χ1n) is 8.61. The van der Waals surface area contributed by atoms with Gasteiger partial charge in [0.2, 0.25) is 0 Å². The van der Waals surface area contributed by atoms with Gasteiger partial charge in [0.15, 0.2) is 0 Å². The van der Waals surface area contributed by atoms with Gasteiger partial charge in [-0.05, 0) is 30.3 Å². The highest BCUT2D eigenvalue weighted by atomic mass is 16.5. The lowest BCUT2D eigenvalue weighted by molar-refractivity contribution is 0.102. The summed E-state index contributed by atoms with van der Waals surface area (Å²) >= 11 is 0. The van der Waals surface area contributed by atoms with Crippen LogP contribution in [0, 0.1) is 0 Å². The van der Waals surface area contributed by atoms with Crippen LogP contribution in [-0.2, 0) is 14.1 Å². The van der Waals surface area contributed by atoms with Crippen LogP contribution in [0.4, 0.5) is 11.4 Å². The minimum atomic E-state index is -0.627. The van der Waals surface area contributed by atoms with E-state index in [4.69, 9.17) is 4.74 Å². The zero-order valence-corrected chi connectivity index (χ0v) is 16.4. The molecule has 0 atom stereocenters. The summed E-state index contributed by atoms with van der Waals surface area (Å²) in [6.07, 6.45) is 0. The fraction of sp³-hybridized carbons (Fsp3) is 0.250. The number of aryl methyl sites for hydroxylation is 2. The Morgan fingerprint density at radius 1 is 1.00 bits per heavy atom. The first kappa shape index (κ1) is 19.2. The number of aromatic nitrogens is 2. The SMILES string of the molecule is COc1cccc(C(=O)Nc2cc3c(cc2N(C)C)n(C)c(=O)c(=O)n3C)c1. The quantitative estimate of drug-likeness (QED) is 0.692. The molecule has 0 saturated heterocycles. The molecule has 0 aliphatic rings. The molecule has 0 radical (unpaired) electrons. The second kappa shape index (κ2) is 7.22. The van der Waals surface area contributed by atoms with E-state index in [0.29, 0.717) is 33.7 Å². The average Bonchev–Trinajstić information content (AvgIpc) is 2.70. The van der Waals surface area contributed by atoms with Crippen LogP contribution in [0.2, 0.25) is 0 Å². The fourth-order valence-corrected chi connectivity index (χ4v) is 3.04. The number of carbonyl (C=O) groups excluding carboxylic acids is 1. The van der Waals surface area contributed by atoms with Crippen molar-refractivity contribution in [2.24, 2.45) is 14.1 Å². The van der Waals surface area contributed by atoms with Crippen molar-refractivity contribution in [2.75, 3.05) is 31.4 Å². The summed E-state index contributed by atoms with van der Waals surface area (Å²) in [7, 11) is 8.30. The Labute approximate surface area is 161 Å². The highest BCUT2D eigenvalue weighted by Gasteiger charge is 2.16. The molecule has 0 bridgehead atoms. The van der Waals surface area contributed by atoms with Gasteiger partial charge in [0, 0.05) is 33.8 Å². The number of hydrogen-bond acceptors (Lipinski definition) is 5. The van der Waals surface area contributed by atoms with Gasteiger partial charge in [-0.2, -0.15) is 0 Å². The van der Waals surface area contributed by atoms with Crippen molar-refractivity contribution in [1.82, 2.24) is 9.13 Å². The molecule has 0 saturated carbocycles. The molecule has 1 amide bonds. The molecule has 3 aromatic rings. The van der Waals surface area contributed by atoms with E-state index in [1.165, 1.54) is 23.3 Å². The van der Waals surface area contributed by atoms with E-state index in [2.05, 4.69) is 5.32 Å². The average molecular weight is 382 g/mol. The molecule has 0 aliphatic heterocycles. The Morgan fingerprint density at radius 3 is 2.18 bits per heavy atom. The highest BCUT2D eigenvalue weighted by Crippen LogP contribution is 2.30. The van der Waals surface area contributed by atoms with Gasteiger partial charge < -0.3 is 24.1 Å². The van der Waals surface area contributed by atoms with Gasteiger partial charge in [-0.3, -0.25) is 14.4 Å². The minimum Gasteiger partial charge on any atom is -0.497 e. The van der Waals surface area contributed by atoms with Gasteiger partial charge in [-0.25, -0.2) is 0 Å². The Bertz CT molecular complexity index is 1190. The second-order valence-electron chi connectivity index (χ2n) is 6.67. The van der Waals surface area contributed by atoms with E-state index >= 15 is 0 Å². The summed E-state index contributed by atoms with van der Waals surface area (Å²) in [5.41, 5.74) is 1.58. The molecular formula is C20H22N4O4. The number of hydrogen-bond donors (Lipinski definition) is 1. The van der Waals surface area contributed by atoms with Crippen LogP contribution in [0.15, 0.2) is 46.0 Å². The van der Waals surface area contributed by atoms with Crippen LogP contribution in [-0.4, -0.2) is 36.2 Å². The molecule has 1 heterocycles. The number of nitrogens with zero attached hydrogens (tertiary/aromatic N) is 3. The number of ether oxygens (including phenoxy) is 1. The molecular weight excluding hydrogens is 360 g/mol. The number of carbonyl (C=O) groups is 1. The number of rotatable bonds is 4. The molecule has 146 valence electrons. The van der Waals surface area contributed by atoms with E-state index in [1.54, 1.807) is 43.4 Å².